The van der Waals surface area contributed by atoms with Gasteiger partial charge in [-0.25, -0.2) is 0 Å². The molecule has 0 aliphatic carbocycles. The van der Waals surface area contributed by atoms with E-state index < -0.39 is 0 Å². The van der Waals surface area contributed by atoms with E-state index >= 15 is 0 Å². The maximum Gasteiger partial charge on any atom is 0.261 e. The summed E-state index contributed by atoms with van der Waals surface area (Å²) in [5, 5.41) is 0. The number of carbonyl (C=O) groups is 3. The van der Waals surface area contributed by atoms with Crippen LogP contribution in [0.25, 0.3) is 0 Å². The van der Waals surface area contributed by atoms with Crippen LogP contribution in [0.5, 0.6) is 0 Å². The lowest BCUT2D eigenvalue weighted by Gasteiger charge is -2.29. The molecular weight excluding hydrogens is 354 g/mol. The Bertz CT molecular complexity index is 703. The van der Waals surface area contributed by atoms with Gasteiger partial charge in [0.05, 0.1) is 11.1 Å². The molecule has 1 aromatic rings. The minimum absolute atomic E-state index is 0. The molecule has 7 heteroatoms. The van der Waals surface area contributed by atoms with Gasteiger partial charge in [-0.15, -0.1) is 12.4 Å². The third-order valence-corrected chi connectivity index (χ3v) is 4.52. The number of imide groups is 1. The van der Waals surface area contributed by atoms with E-state index in [1.807, 2.05) is 20.8 Å². The van der Waals surface area contributed by atoms with Crippen molar-refractivity contribution in [1.82, 2.24) is 9.80 Å². The van der Waals surface area contributed by atoms with E-state index in [4.69, 9.17) is 5.73 Å². The lowest BCUT2D eigenvalue weighted by molar-refractivity contribution is 0.0652. The van der Waals surface area contributed by atoms with E-state index in [0.717, 1.165) is 12.8 Å². The number of halogens is 1. The number of unbranched alkanes of at least 4 members (excludes halogenated alkanes) is 1. The first-order chi connectivity index (χ1) is 11.7. The Morgan fingerprint density at radius 1 is 1.19 bits per heavy atom. The molecule has 0 unspecified atom stereocenters. The van der Waals surface area contributed by atoms with Crippen LogP contribution in [0.15, 0.2) is 18.2 Å². The van der Waals surface area contributed by atoms with Crippen LogP contribution in [0.3, 0.4) is 0 Å². The summed E-state index contributed by atoms with van der Waals surface area (Å²) in [6.45, 7) is 7.38. The van der Waals surface area contributed by atoms with Crippen LogP contribution in [0.1, 0.15) is 64.7 Å². The standard InChI is InChI=1S/C19H27N3O3.ClH/c1-5-6-9-22-17(24)14-8-7-13(10-15(14)18(22)25)16(23)21(4)12-19(2,3)11-20;/h7-8,10H,5-6,9,11-12,20H2,1-4H3;1H. The van der Waals surface area contributed by atoms with Gasteiger partial charge >= 0.3 is 0 Å². The molecule has 2 rings (SSSR count). The smallest absolute Gasteiger partial charge is 0.261 e. The Hall–Kier alpha value is -1.92. The Balaban J connectivity index is 0.00000338. The molecule has 0 spiro atoms. The van der Waals surface area contributed by atoms with Gasteiger partial charge in [-0.1, -0.05) is 27.2 Å². The van der Waals surface area contributed by atoms with Gasteiger partial charge in [0.1, 0.15) is 0 Å². The average molecular weight is 382 g/mol. The number of nitrogens with zero attached hydrogens (tertiary/aromatic N) is 2. The highest BCUT2D eigenvalue weighted by Gasteiger charge is 2.35. The van der Waals surface area contributed by atoms with Crippen molar-refractivity contribution in [2.24, 2.45) is 11.1 Å². The van der Waals surface area contributed by atoms with Crippen molar-refractivity contribution in [1.29, 1.82) is 0 Å². The molecule has 144 valence electrons. The summed E-state index contributed by atoms with van der Waals surface area (Å²) in [5.41, 5.74) is 6.64. The highest BCUT2D eigenvalue weighted by molar-refractivity contribution is 6.22. The molecule has 1 aromatic carbocycles. The van der Waals surface area contributed by atoms with E-state index in [0.29, 0.717) is 36.3 Å². The normalized spacial score (nSPS) is 13.5. The molecule has 0 bridgehead atoms. The van der Waals surface area contributed by atoms with Gasteiger partial charge in [0.25, 0.3) is 17.7 Å². The van der Waals surface area contributed by atoms with Gasteiger partial charge in [0, 0.05) is 25.7 Å². The molecule has 3 amide bonds. The summed E-state index contributed by atoms with van der Waals surface area (Å²) >= 11 is 0. The van der Waals surface area contributed by atoms with Crippen molar-refractivity contribution in [2.45, 2.75) is 33.6 Å². The number of hydrogen-bond acceptors (Lipinski definition) is 4. The maximum absolute atomic E-state index is 12.7. The van der Waals surface area contributed by atoms with Crippen LogP contribution in [-0.2, 0) is 0 Å². The van der Waals surface area contributed by atoms with Gasteiger partial charge in [-0.2, -0.15) is 0 Å². The van der Waals surface area contributed by atoms with Crippen molar-refractivity contribution in [3.8, 4) is 0 Å². The van der Waals surface area contributed by atoms with E-state index in [2.05, 4.69) is 0 Å². The van der Waals surface area contributed by atoms with Crippen molar-refractivity contribution in [3.63, 3.8) is 0 Å². The Kier molecular flexibility index (Phi) is 7.35. The summed E-state index contributed by atoms with van der Waals surface area (Å²) in [6, 6.07) is 4.73. The van der Waals surface area contributed by atoms with Gasteiger partial charge in [0.15, 0.2) is 0 Å². The number of amides is 3. The minimum atomic E-state index is -0.312. The Labute approximate surface area is 161 Å². The first kappa shape index (κ1) is 22.1. The molecule has 26 heavy (non-hydrogen) atoms. The summed E-state index contributed by atoms with van der Waals surface area (Å²) < 4.78 is 0. The van der Waals surface area contributed by atoms with Gasteiger partial charge in [-0.3, -0.25) is 19.3 Å². The second-order valence-electron chi connectivity index (χ2n) is 7.41. The zero-order chi connectivity index (χ0) is 18.8. The molecule has 0 aromatic heterocycles. The van der Waals surface area contributed by atoms with Gasteiger partial charge in [-0.05, 0) is 36.6 Å². The minimum Gasteiger partial charge on any atom is -0.341 e. The molecule has 6 nitrogen and oxygen atoms in total. The molecule has 0 fully saturated rings. The van der Waals surface area contributed by atoms with E-state index in [1.165, 1.54) is 11.0 Å². The molecule has 0 saturated carbocycles. The number of fused-ring (bicyclic) bond motifs is 1. The molecule has 2 N–H and O–H groups in total. The molecule has 1 aliphatic rings. The largest absolute Gasteiger partial charge is 0.341 e. The first-order valence-electron chi connectivity index (χ1n) is 8.67. The van der Waals surface area contributed by atoms with Crippen LogP contribution in [0, 0.1) is 5.41 Å². The molecule has 1 heterocycles. The SMILES string of the molecule is CCCCN1C(=O)c2ccc(C(=O)N(C)CC(C)(C)CN)cc2C1=O.Cl. The van der Waals surface area contributed by atoms with Crippen molar-refractivity contribution >= 4 is 30.1 Å². The average Bonchev–Trinajstić information content (AvgIpc) is 2.82. The number of nitrogens with two attached hydrogens (primary N) is 1. The van der Waals surface area contributed by atoms with Crippen LogP contribution < -0.4 is 5.73 Å². The number of hydrogen-bond donors (Lipinski definition) is 1. The fourth-order valence-corrected chi connectivity index (χ4v) is 2.94. The summed E-state index contributed by atoms with van der Waals surface area (Å²) in [4.78, 5) is 40.4. The number of benzene rings is 1. The summed E-state index contributed by atoms with van der Waals surface area (Å²) in [5.74, 6) is -0.769. The van der Waals surface area contributed by atoms with Crippen molar-refractivity contribution in [2.75, 3.05) is 26.7 Å². The third kappa shape index (κ3) is 4.43. The van der Waals surface area contributed by atoms with Gasteiger partial charge in [0.2, 0.25) is 0 Å². The van der Waals surface area contributed by atoms with E-state index in [-0.39, 0.29) is 35.5 Å². The van der Waals surface area contributed by atoms with Crippen LogP contribution in [0.4, 0.5) is 0 Å². The second-order valence-corrected chi connectivity index (χ2v) is 7.41. The monoisotopic (exact) mass is 381 g/mol. The summed E-state index contributed by atoms with van der Waals surface area (Å²) in [6.07, 6.45) is 1.67. The molecule has 1 aliphatic heterocycles. The van der Waals surface area contributed by atoms with Crippen molar-refractivity contribution in [3.05, 3.63) is 34.9 Å². The molecule has 0 atom stereocenters. The van der Waals surface area contributed by atoms with E-state index in [9.17, 15) is 14.4 Å². The molecule has 0 radical (unpaired) electrons. The number of carbonyl (C=O) groups excluding carboxylic acids is 3. The lowest BCUT2D eigenvalue weighted by atomic mass is 9.93. The number of rotatable bonds is 7. The van der Waals surface area contributed by atoms with Crippen LogP contribution >= 0.6 is 12.4 Å². The quantitative estimate of drug-likeness (QED) is 0.735. The second kappa shape index (κ2) is 8.64. The third-order valence-electron chi connectivity index (χ3n) is 4.52. The zero-order valence-corrected chi connectivity index (χ0v) is 16.7. The maximum atomic E-state index is 12.7. The van der Waals surface area contributed by atoms with Crippen LogP contribution in [-0.4, -0.2) is 54.2 Å². The zero-order valence-electron chi connectivity index (χ0n) is 15.9. The fraction of sp³-hybridized carbons (Fsp3) is 0.526. The first-order valence-corrected chi connectivity index (χ1v) is 8.67. The highest BCUT2D eigenvalue weighted by atomic mass is 35.5. The van der Waals surface area contributed by atoms with E-state index in [1.54, 1.807) is 24.1 Å². The predicted octanol–water partition coefficient (Wildman–Crippen LogP) is 2.56. The fourth-order valence-electron chi connectivity index (χ4n) is 2.94. The lowest BCUT2D eigenvalue weighted by Crippen LogP contribution is -2.39. The Morgan fingerprint density at radius 2 is 1.81 bits per heavy atom. The Morgan fingerprint density at radius 3 is 2.38 bits per heavy atom. The topological polar surface area (TPSA) is 83.7 Å². The molecule has 0 saturated heterocycles. The molecular formula is C19H28ClN3O3. The highest BCUT2D eigenvalue weighted by Crippen LogP contribution is 2.25. The van der Waals surface area contributed by atoms with Crippen molar-refractivity contribution < 1.29 is 14.4 Å². The predicted molar refractivity (Wildman–Crippen MR) is 104 cm³/mol. The van der Waals surface area contributed by atoms with Gasteiger partial charge < -0.3 is 10.6 Å². The summed E-state index contributed by atoms with van der Waals surface area (Å²) in [7, 11) is 1.72. The van der Waals surface area contributed by atoms with Crippen LogP contribution in [0.2, 0.25) is 0 Å².